The summed E-state index contributed by atoms with van der Waals surface area (Å²) in [6.45, 7) is 0. The van der Waals surface area contributed by atoms with Crippen molar-refractivity contribution >= 4 is 49.8 Å². The van der Waals surface area contributed by atoms with Crippen molar-refractivity contribution in [3.8, 4) is 22.3 Å². The van der Waals surface area contributed by atoms with Gasteiger partial charge in [0.15, 0.2) is 0 Å². The van der Waals surface area contributed by atoms with Crippen molar-refractivity contribution < 1.29 is 4.42 Å². The summed E-state index contributed by atoms with van der Waals surface area (Å²) in [6, 6.07) is 58.1. The van der Waals surface area contributed by atoms with Gasteiger partial charge in [-0.2, -0.15) is 0 Å². The van der Waals surface area contributed by atoms with Crippen molar-refractivity contribution in [2.45, 2.75) is 0 Å². The Morgan fingerprint density at radius 3 is 1.95 bits per heavy atom. The van der Waals surface area contributed by atoms with E-state index in [1.165, 1.54) is 33.0 Å². The molecule has 0 aliphatic heterocycles. The van der Waals surface area contributed by atoms with Crippen molar-refractivity contribution in [3.05, 3.63) is 164 Å². The van der Waals surface area contributed by atoms with Gasteiger partial charge in [0.05, 0.1) is 5.69 Å². The lowest BCUT2D eigenvalue weighted by Crippen LogP contribution is -2.11. The molecule has 42 heavy (non-hydrogen) atoms. The van der Waals surface area contributed by atoms with Gasteiger partial charge in [-0.25, -0.2) is 0 Å². The molecule has 0 spiro atoms. The third-order valence-electron chi connectivity index (χ3n) is 8.05. The van der Waals surface area contributed by atoms with Crippen LogP contribution in [0.5, 0.6) is 0 Å². The topological polar surface area (TPSA) is 16.4 Å². The molecule has 0 saturated heterocycles. The first kappa shape index (κ1) is 24.2. The van der Waals surface area contributed by atoms with E-state index in [2.05, 4.69) is 157 Å². The molecular weight excluding hydrogens is 510 g/mol. The molecule has 0 amide bonds. The Bertz CT molecular complexity index is 2200. The number of benzene rings is 7. The van der Waals surface area contributed by atoms with Crippen molar-refractivity contribution in [3.63, 3.8) is 0 Å². The number of nitrogens with zero attached hydrogens (tertiary/aromatic N) is 1. The molecule has 0 aliphatic rings. The third-order valence-corrected chi connectivity index (χ3v) is 8.05. The van der Waals surface area contributed by atoms with Gasteiger partial charge in [-0.05, 0) is 69.9 Å². The normalized spacial score (nSPS) is 11.3. The number of fused-ring (bicyclic) bond motifs is 4. The Morgan fingerprint density at radius 2 is 1.02 bits per heavy atom. The highest BCUT2D eigenvalue weighted by molar-refractivity contribution is 6.07. The molecule has 0 aliphatic carbocycles. The standard InChI is InChI=1S/C40H27NO/c1-2-12-29(13-3-1)35-19-6-8-22-38(35)41(32-24-25-40-37(27-32)36-20-7-9-23-39(36)42-40)31-17-10-16-30(26-31)34-21-11-15-28-14-4-5-18-33(28)34/h1-27H. The summed E-state index contributed by atoms with van der Waals surface area (Å²) in [6.07, 6.45) is 0. The lowest BCUT2D eigenvalue weighted by molar-refractivity contribution is 0.669. The average Bonchev–Trinajstić information content (AvgIpc) is 3.44. The summed E-state index contributed by atoms with van der Waals surface area (Å²) < 4.78 is 6.19. The molecule has 198 valence electrons. The van der Waals surface area contributed by atoms with Gasteiger partial charge in [0.1, 0.15) is 11.2 Å². The smallest absolute Gasteiger partial charge is 0.135 e. The van der Waals surface area contributed by atoms with E-state index < -0.39 is 0 Å². The van der Waals surface area contributed by atoms with E-state index in [0.29, 0.717) is 0 Å². The van der Waals surface area contributed by atoms with Crippen LogP contribution in [0.4, 0.5) is 17.1 Å². The number of hydrogen-bond acceptors (Lipinski definition) is 2. The van der Waals surface area contributed by atoms with Crippen molar-refractivity contribution in [2.24, 2.45) is 0 Å². The summed E-state index contributed by atoms with van der Waals surface area (Å²) in [5, 5.41) is 4.72. The zero-order valence-electron chi connectivity index (χ0n) is 22.9. The highest BCUT2D eigenvalue weighted by Gasteiger charge is 2.19. The maximum Gasteiger partial charge on any atom is 0.135 e. The van der Waals surface area contributed by atoms with Crippen molar-refractivity contribution in [2.75, 3.05) is 4.90 Å². The molecule has 0 radical (unpaired) electrons. The largest absolute Gasteiger partial charge is 0.456 e. The first-order chi connectivity index (χ1) is 20.8. The molecule has 8 aromatic rings. The molecular formula is C40H27NO. The summed E-state index contributed by atoms with van der Waals surface area (Å²) in [7, 11) is 0. The van der Waals surface area contributed by atoms with Crippen molar-refractivity contribution in [1.82, 2.24) is 0 Å². The van der Waals surface area contributed by atoms with Crippen LogP contribution in [0.15, 0.2) is 168 Å². The number of anilines is 3. The third kappa shape index (κ3) is 4.13. The quantitative estimate of drug-likeness (QED) is 0.217. The SMILES string of the molecule is c1ccc(-c2ccccc2N(c2cccc(-c3cccc4ccccc34)c2)c2ccc3oc4ccccc4c3c2)cc1. The summed E-state index contributed by atoms with van der Waals surface area (Å²) in [5.74, 6) is 0. The zero-order chi connectivity index (χ0) is 27.9. The maximum absolute atomic E-state index is 6.19. The van der Waals surface area contributed by atoms with Crippen LogP contribution in [-0.4, -0.2) is 0 Å². The second-order valence-corrected chi connectivity index (χ2v) is 10.6. The number of rotatable bonds is 5. The summed E-state index contributed by atoms with van der Waals surface area (Å²) in [5.41, 5.74) is 9.83. The Labute approximate surface area is 244 Å². The van der Waals surface area contributed by atoms with Crippen LogP contribution in [0.2, 0.25) is 0 Å². The minimum absolute atomic E-state index is 0.890. The lowest BCUT2D eigenvalue weighted by Gasteiger charge is -2.28. The molecule has 0 unspecified atom stereocenters. The van der Waals surface area contributed by atoms with E-state index in [4.69, 9.17) is 4.42 Å². The van der Waals surface area contributed by atoms with Gasteiger partial charge in [0.2, 0.25) is 0 Å². The summed E-state index contributed by atoms with van der Waals surface area (Å²) >= 11 is 0. The molecule has 2 heteroatoms. The minimum atomic E-state index is 0.890. The van der Waals surface area contributed by atoms with Gasteiger partial charge in [-0.3, -0.25) is 0 Å². The van der Waals surface area contributed by atoms with E-state index in [1.54, 1.807) is 0 Å². The van der Waals surface area contributed by atoms with Crippen LogP contribution in [0.25, 0.3) is 55.0 Å². The molecule has 2 nitrogen and oxygen atoms in total. The molecule has 0 atom stereocenters. The van der Waals surface area contributed by atoms with E-state index in [0.717, 1.165) is 39.0 Å². The van der Waals surface area contributed by atoms with Gasteiger partial charge in [-0.15, -0.1) is 0 Å². The van der Waals surface area contributed by atoms with Gasteiger partial charge in [-0.1, -0.05) is 121 Å². The molecule has 1 aromatic heterocycles. The first-order valence-corrected chi connectivity index (χ1v) is 14.3. The second kappa shape index (κ2) is 10.1. The van der Waals surface area contributed by atoms with Crippen LogP contribution in [-0.2, 0) is 0 Å². The van der Waals surface area contributed by atoms with E-state index in [9.17, 15) is 0 Å². The van der Waals surface area contributed by atoms with Crippen LogP contribution in [0.3, 0.4) is 0 Å². The molecule has 0 N–H and O–H groups in total. The van der Waals surface area contributed by atoms with E-state index >= 15 is 0 Å². The fourth-order valence-electron chi connectivity index (χ4n) is 6.10. The highest BCUT2D eigenvalue weighted by atomic mass is 16.3. The summed E-state index contributed by atoms with van der Waals surface area (Å²) in [4.78, 5) is 2.37. The van der Waals surface area contributed by atoms with Crippen LogP contribution < -0.4 is 4.90 Å². The molecule has 1 heterocycles. The van der Waals surface area contributed by atoms with Gasteiger partial charge >= 0.3 is 0 Å². The minimum Gasteiger partial charge on any atom is -0.456 e. The van der Waals surface area contributed by atoms with Crippen LogP contribution in [0, 0.1) is 0 Å². The number of furan rings is 1. The first-order valence-electron chi connectivity index (χ1n) is 14.3. The molecule has 0 saturated carbocycles. The second-order valence-electron chi connectivity index (χ2n) is 10.6. The predicted molar refractivity (Wildman–Crippen MR) is 177 cm³/mol. The Morgan fingerprint density at radius 1 is 0.381 bits per heavy atom. The Kier molecular flexibility index (Phi) is 5.82. The van der Waals surface area contributed by atoms with E-state index in [1.807, 2.05) is 12.1 Å². The fraction of sp³-hybridized carbons (Fsp3) is 0. The van der Waals surface area contributed by atoms with Gasteiger partial charge in [0.25, 0.3) is 0 Å². The average molecular weight is 538 g/mol. The number of para-hydroxylation sites is 2. The Hall–Kier alpha value is -5.60. The van der Waals surface area contributed by atoms with Crippen molar-refractivity contribution in [1.29, 1.82) is 0 Å². The van der Waals surface area contributed by atoms with Crippen LogP contribution in [0.1, 0.15) is 0 Å². The fourth-order valence-corrected chi connectivity index (χ4v) is 6.10. The predicted octanol–water partition coefficient (Wildman–Crippen LogP) is 11.5. The lowest BCUT2D eigenvalue weighted by atomic mass is 9.97. The maximum atomic E-state index is 6.19. The molecule has 0 bridgehead atoms. The number of hydrogen-bond donors (Lipinski definition) is 0. The zero-order valence-corrected chi connectivity index (χ0v) is 22.9. The molecule has 7 aromatic carbocycles. The highest BCUT2D eigenvalue weighted by Crippen LogP contribution is 2.43. The van der Waals surface area contributed by atoms with E-state index in [-0.39, 0.29) is 0 Å². The Balaban J connectivity index is 1.37. The monoisotopic (exact) mass is 537 g/mol. The van der Waals surface area contributed by atoms with Gasteiger partial charge < -0.3 is 9.32 Å². The van der Waals surface area contributed by atoms with Crippen LogP contribution >= 0.6 is 0 Å². The molecule has 0 fully saturated rings. The van der Waals surface area contributed by atoms with Gasteiger partial charge in [0, 0.05) is 27.7 Å². The molecule has 8 rings (SSSR count).